The molecule has 2 rings (SSSR count). The lowest BCUT2D eigenvalue weighted by molar-refractivity contribution is -0.140. The van der Waals surface area contributed by atoms with E-state index in [0.717, 1.165) is 0 Å². The molecular weight excluding hydrogens is 278 g/mol. The van der Waals surface area contributed by atoms with Gasteiger partial charge in [0.2, 0.25) is 0 Å². The van der Waals surface area contributed by atoms with Gasteiger partial charge in [-0.15, -0.1) is 0 Å². The van der Waals surface area contributed by atoms with Gasteiger partial charge in [0.05, 0.1) is 0 Å². The summed E-state index contributed by atoms with van der Waals surface area (Å²) in [6.45, 7) is 3.57. The van der Waals surface area contributed by atoms with Crippen molar-refractivity contribution in [3.8, 4) is 0 Å². The van der Waals surface area contributed by atoms with Crippen LogP contribution in [0.4, 0.5) is 0 Å². The number of rotatable bonds is 5. The first-order chi connectivity index (χ1) is 10.5. The second-order valence-corrected chi connectivity index (χ2v) is 6.49. The number of carboxylic acid groups (broad SMARTS) is 1. The van der Waals surface area contributed by atoms with E-state index in [1.54, 1.807) is 26.0 Å². The van der Waals surface area contributed by atoms with E-state index < -0.39 is 12.0 Å². The molecule has 120 valence electrons. The minimum Gasteiger partial charge on any atom is -0.480 e. The third kappa shape index (κ3) is 4.09. The minimum atomic E-state index is -0.998. The lowest BCUT2D eigenvalue weighted by atomic mass is 9.84. The third-order valence-corrected chi connectivity index (χ3v) is 4.47. The zero-order valence-electron chi connectivity index (χ0n) is 13.3. The van der Waals surface area contributed by atoms with E-state index in [-0.39, 0.29) is 11.8 Å². The summed E-state index contributed by atoms with van der Waals surface area (Å²) in [5.41, 5.74) is 1.81. The Morgan fingerprint density at radius 3 is 2.18 bits per heavy atom. The van der Waals surface area contributed by atoms with E-state index in [1.807, 2.05) is 12.1 Å². The van der Waals surface area contributed by atoms with Crippen molar-refractivity contribution in [3.63, 3.8) is 0 Å². The van der Waals surface area contributed by atoms with Gasteiger partial charge in [0.15, 0.2) is 0 Å². The number of benzene rings is 1. The maximum Gasteiger partial charge on any atom is 0.326 e. The molecular formula is C18H25NO3. The average Bonchev–Trinajstić information content (AvgIpc) is 2.52. The maximum absolute atomic E-state index is 12.2. The van der Waals surface area contributed by atoms with Crippen LogP contribution >= 0.6 is 0 Å². The average molecular weight is 303 g/mol. The summed E-state index contributed by atoms with van der Waals surface area (Å²) < 4.78 is 0. The lowest BCUT2D eigenvalue weighted by Crippen LogP contribution is -2.44. The fraction of sp³-hybridized carbons (Fsp3) is 0.556. The molecule has 0 aromatic heterocycles. The molecule has 2 N–H and O–H groups in total. The zero-order chi connectivity index (χ0) is 16.1. The van der Waals surface area contributed by atoms with Crippen molar-refractivity contribution in [3.05, 3.63) is 35.4 Å². The Balaban J connectivity index is 2.02. The molecule has 0 saturated heterocycles. The molecule has 1 unspecified atom stereocenters. The highest BCUT2D eigenvalue weighted by atomic mass is 16.4. The summed E-state index contributed by atoms with van der Waals surface area (Å²) >= 11 is 0. The van der Waals surface area contributed by atoms with Crippen molar-refractivity contribution in [1.82, 2.24) is 5.32 Å². The number of carbonyl (C=O) groups excluding carboxylic acids is 1. The van der Waals surface area contributed by atoms with Crippen molar-refractivity contribution < 1.29 is 14.7 Å². The van der Waals surface area contributed by atoms with Crippen molar-refractivity contribution in [2.75, 3.05) is 0 Å². The van der Waals surface area contributed by atoms with Crippen LogP contribution in [0.15, 0.2) is 24.3 Å². The molecule has 1 atom stereocenters. The molecule has 0 heterocycles. The van der Waals surface area contributed by atoms with Gasteiger partial charge in [-0.05, 0) is 42.4 Å². The van der Waals surface area contributed by atoms with Gasteiger partial charge in [-0.25, -0.2) is 4.79 Å². The molecule has 1 aromatic carbocycles. The highest BCUT2D eigenvalue weighted by molar-refractivity contribution is 5.96. The number of hydrogen-bond acceptors (Lipinski definition) is 2. The Hall–Kier alpha value is -1.84. The maximum atomic E-state index is 12.2. The van der Waals surface area contributed by atoms with Crippen molar-refractivity contribution in [2.45, 2.75) is 57.9 Å². The predicted molar refractivity (Wildman–Crippen MR) is 86.0 cm³/mol. The highest BCUT2D eigenvalue weighted by Crippen LogP contribution is 2.32. The van der Waals surface area contributed by atoms with Crippen LogP contribution in [0, 0.1) is 5.92 Å². The smallest absolute Gasteiger partial charge is 0.326 e. The first-order valence-electron chi connectivity index (χ1n) is 8.12. The van der Waals surface area contributed by atoms with Gasteiger partial charge in [-0.1, -0.05) is 45.2 Å². The first-order valence-corrected chi connectivity index (χ1v) is 8.12. The molecule has 1 amide bonds. The van der Waals surface area contributed by atoms with Crippen molar-refractivity contribution in [1.29, 1.82) is 0 Å². The molecule has 0 radical (unpaired) electrons. The molecule has 1 aliphatic rings. The molecule has 4 heteroatoms. The summed E-state index contributed by atoms with van der Waals surface area (Å²) in [6.07, 6.45) is 6.33. The van der Waals surface area contributed by atoms with Crippen LogP contribution in [-0.4, -0.2) is 23.0 Å². The van der Waals surface area contributed by atoms with Gasteiger partial charge in [0.25, 0.3) is 5.91 Å². The number of carbonyl (C=O) groups is 2. The highest BCUT2D eigenvalue weighted by Gasteiger charge is 2.24. The first kappa shape index (κ1) is 16.5. The Bertz CT molecular complexity index is 516. The van der Waals surface area contributed by atoms with Crippen molar-refractivity contribution >= 4 is 11.9 Å². The standard InChI is InChI=1S/C18H25NO3/c1-12(2)16(18(21)22)19-17(20)15-10-8-14(9-11-15)13-6-4-3-5-7-13/h8-13,16H,3-7H2,1-2H3,(H,19,20)(H,21,22). The Morgan fingerprint density at radius 2 is 1.68 bits per heavy atom. The van der Waals surface area contributed by atoms with E-state index in [0.29, 0.717) is 11.5 Å². The number of aliphatic carboxylic acids is 1. The van der Waals surface area contributed by atoms with E-state index in [2.05, 4.69) is 5.32 Å². The molecule has 0 aliphatic heterocycles. The minimum absolute atomic E-state index is 0.150. The van der Waals surface area contributed by atoms with Gasteiger partial charge in [0.1, 0.15) is 6.04 Å². The normalized spacial score (nSPS) is 17.2. The quantitative estimate of drug-likeness (QED) is 0.874. The van der Waals surface area contributed by atoms with E-state index in [4.69, 9.17) is 5.11 Å². The predicted octanol–water partition coefficient (Wildman–Crippen LogP) is 3.57. The monoisotopic (exact) mass is 303 g/mol. The van der Waals surface area contributed by atoms with E-state index in [9.17, 15) is 9.59 Å². The Labute approximate surface area is 131 Å². The summed E-state index contributed by atoms with van der Waals surface area (Å²) in [5, 5.41) is 11.7. The van der Waals surface area contributed by atoms with Gasteiger partial charge >= 0.3 is 5.97 Å². The summed E-state index contributed by atoms with van der Waals surface area (Å²) in [6, 6.07) is 6.77. The number of hydrogen-bond donors (Lipinski definition) is 2. The lowest BCUT2D eigenvalue weighted by Gasteiger charge is -2.22. The van der Waals surface area contributed by atoms with Crippen LogP contribution in [0.2, 0.25) is 0 Å². The second-order valence-electron chi connectivity index (χ2n) is 6.49. The molecule has 1 aliphatic carbocycles. The molecule has 1 fully saturated rings. The number of carboxylic acids is 1. The van der Waals surface area contributed by atoms with Crippen LogP contribution in [0.3, 0.4) is 0 Å². The molecule has 4 nitrogen and oxygen atoms in total. The van der Waals surface area contributed by atoms with Crippen LogP contribution in [-0.2, 0) is 4.79 Å². The van der Waals surface area contributed by atoms with Gasteiger partial charge in [-0.3, -0.25) is 4.79 Å². The molecule has 22 heavy (non-hydrogen) atoms. The largest absolute Gasteiger partial charge is 0.480 e. The van der Waals surface area contributed by atoms with Crippen LogP contribution in [0.25, 0.3) is 0 Å². The van der Waals surface area contributed by atoms with E-state index >= 15 is 0 Å². The SMILES string of the molecule is CC(C)C(NC(=O)c1ccc(C2CCCCC2)cc1)C(=O)O. The van der Waals surface area contributed by atoms with Gasteiger partial charge < -0.3 is 10.4 Å². The second kappa shape index (κ2) is 7.43. The summed E-state index contributed by atoms with van der Waals surface area (Å²) in [5.74, 6) is -0.866. The number of nitrogens with one attached hydrogen (secondary N) is 1. The van der Waals surface area contributed by atoms with Crippen molar-refractivity contribution in [2.24, 2.45) is 5.92 Å². The Kier molecular flexibility index (Phi) is 5.58. The fourth-order valence-electron chi connectivity index (χ4n) is 3.08. The topological polar surface area (TPSA) is 66.4 Å². The van der Waals surface area contributed by atoms with Crippen LogP contribution in [0.5, 0.6) is 0 Å². The van der Waals surface area contributed by atoms with Gasteiger partial charge in [-0.2, -0.15) is 0 Å². The van der Waals surface area contributed by atoms with Crippen LogP contribution < -0.4 is 5.32 Å². The zero-order valence-corrected chi connectivity index (χ0v) is 13.3. The third-order valence-electron chi connectivity index (χ3n) is 4.47. The van der Waals surface area contributed by atoms with E-state index in [1.165, 1.54) is 37.7 Å². The van der Waals surface area contributed by atoms with Gasteiger partial charge in [0, 0.05) is 5.56 Å². The molecule has 0 bridgehead atoms. The fourth-order valence-corrected chi connectivity index (χ4v) is 3.08. The Morgan fingerprint density at radius 1 is 1.09 bits per heavy atom. The molecule has 1 aromatic rings. The number of amides is 1. The summed E-state index contributed by atoms with van der Waals surface area (Å²) in [4.78, 5) is 23.3. The molecule has 1 saturated carbocycles. The summed E-state index contributed by atoms with van der Waals surface area (Å²) in [7, 11) is 0. The van der Waals surface area contributed by atoms with Crippen LogP contribution in [0.1, 0.15) is 67.8 Å². The molecule has 0 spiro atoms.